The van der Waals surface area contributed by atoms with Crippen LogP contribution in [0.3, 0.4) is 0 Å². The molecule has 1 aromatic carbocycles. The molecule has 0 fully saturated rings. The minimum absolute atomic E-state index is 0.0409. The summed E-state index contributed by atoms with van der Waals surface area (Å²) in [5.41, 5.74) is 1.24. The van der Waals surface area contributed by atoms with E-state index >= 15 is 0 Å². The van der Waals surface area contributed by atoms with Crippen molar-refractivity contribution in [3.05, 3.63) is 42.5 Å². The Labute approximate surface area is 113 Å². The predicted molar refractivity (Wildman–Crippen MR) is 77.7 cm³/mol. The molecule has 0 heterocycles. The lowest BCUT2D eigenvalue weighted by atomic mass is 10.2. The summed E-state index contributed by atoms with van der Waals surface area (Å²) in [5, 5.41) is 5.80. The van der Waals surface area contributed by atoms with Gasteiger partial charge in [-0.2, -0.15) is 0 Å². The molecule has 0 aliphatic rings. The first kappa shape index (κ1) is 14.8. The van der Waals surface area contributed by atoms with E-state index in [2.05, 4.69) is 41.5 Å². The Hall–Kier alpha value is -1.26. The molecule has 2 N–H and O–H groups in total. The van der Waals surface area contributed by atoms with Gasteiger partial charge in [-0.05, 0) is 31.7 Å². The van der Waals surface area contributed by atoms with Crippen molar-refractivity contribution in [1.82, 2.24) is 10.6 Å². The van der Waals surface area contributed by atoms with E-state index in [1.54, 1.807) is 17.8 Å². The quantitative estimate of drug-likeness (QED) is 0.586. The van der Waals surface area contributed by atoms with Gasteiger partial charge in [-0.3, -0.25) is 4.79 Å². The Morgan fingerprint density at radius 1 is 1.44 bits per heavy atom. The minimum atomic E-state index is -0.0971. The van der Waals surface area contributed by atoms with Gasteiger partial charge in [0.25, 0.3) is 0 Å². The van der Waals surface area contributed by atoms with Gasteiger partial charge in [-0.1, -0.05) is 18.2 Å². The molecule has 1 aromatic rings. The Morgan fingerprint density at radius 3 is 2.67 bits per heavy atom. The highest BCUT2D eigenvalue weighted by molar-refractivity contribution is 8.00. The average Bonchev–Trinajstić information content (AvgIpc) is 2.38. The van der Waals surface area contributed by atoms with Crippen molar-refractivity contribution in [2.45, 2.75) is 23.6 Å². The van der Waals surface area contributed by atoms with Crippen molar-refractivity contribution in [1.29, 1.82) is 0 Å². The smallest absolute Gasteiger partial charge is 0.233 e. The predicted octanol–water partition coefficient (Wildman–Crippen LogP) is 2.19. The molecule has 0 saturated heterocycles. The zero-order valence-electron chi connectivity index (χ0n) is 10.9. The topological polar surface area (TPSA) is 41.1 Å². The molecule has 4 heteroatoms. The molecule has 0 aliphatic heterocycles. The molecule has 0 aliphatic carbocycles. The highest BCUT2D eigenvalue weighted by atomic mass is 32.2. The number of hydrogen-bond acceptors (Lipinski definition) is 3. The second kappa shape index (κ2) is 7.95. The summed E-state index contributed by atoms with van der Waals surface area (Å²) in [5.74, 6) is 0.0409. The summed E-state index contributed by atoms with van der Waals surface area (Å²) in [6, 6.07) is 8.25. The number of rotatable bonds is 7. The fraction of sp³-hybridized carbons (Fsp3) is 0.357. The highest BCUT2D eigenvalue weighted by Gasteiger charge is 2.12. The van der Waals surface area contributed by atoms with Crippen LogP contribution in [0.4, 0.5) is 0 Å². The molecule has 1 amide bonds. The van der Waals surface area contributed by atoms with E-state index in [0.29, 0.717) is 6.54 Å². The van der Waals surface area contributed by atoms with Gasteiger partial charge in [-0.15, -0.1) is 18.3 Å². The van der Waals surface area contributed by atoms with Crippen LogP contribution in [0.5, 0.6) is 0 Å². The standard InChI is InChI=1S/C14H20N2OS/c1-4-9-16-14(17)11(2)18-13-7-5-12(6-8-13)10-15-3/h4-8,11,15H,1,9-10H2,2-3H3,(H,16,17). The number of benzene rings is 1. The summed E-state index contributed by atoms with van der Waals surface area (Å²) >= 11 is 1.56. The van der Waals surface area contributed by atoms with E-state index in [4.69, 9.17) is 0 Å². The van der Waals surface area contributed by atoms with Gasteiger partial charge in [0.1, 0.15) is 0 Å². The van der Waals surface area contributed by atoms with Gasteiger partial charge >= 0.3 is 0 Å². The van der Waals surface area contributed by atoms with E-state index in [-0.39, 0.29) is 11.2 Å². The first-order valence-corrected chi connectivity index (χ1v) is 6.84. The lowest BCUT2D eigenvalue weighted by Crippen LogP contribution is -2.30. The normalized spacial score (nSPS) is 11.9. The lowest BCUT2D eigenvalue weighted by Gasteiger charge is -2.11. The fourth-order valence-electron chi connectivity index (χ4n) is 1.46. The number of carbonyl (C=O) groups excluding carboxylic acids is 1. The molecule has 0 saturated carbocycles. The largest absolute Gasteiger partial charge is 0.352 e. The van der Waals surface area contributed by atoms with Crippen LogP contribution in [0.15, 0.2) is 41.8 Å². The average molecular weight is 264 g/mol. The Balaban J connectivity index is 2.50. The molecule has 0 aromatic heterocycles. The zero-order chi connectivity index (χ0) is 13.4. The second-order valence-corrected chi connectivity index (χ2v) is 5.38. The number of nitrogens with one attached hydrogen (secondary N) is 2. The number of carbonyl (C=O) groups is 1. The van der Waals surface area contributed by atoms with Crippen molar-refractivity contribution in [2.24, 2.45) is 0 Å². The Bertz CT molecular complexity index is 389. The summed E-state index contributed by atoms with van der Waals surface area (Å²) in [7, 11) is 1.93. The maximum atomic E-state index is 11.7. The van der Waals surface area contributed by atoms with Crippen molar-refractivity contribution in [3.63, 3.8) is 0 Å². The molecule has 1 unspecified atom stereocenters. The second-order valence-electron chi connectivity index (χ2n) is 3.97. The van der Waals surface area contributed by atoms with Crippen molar-refractivity contribution < 1.29 is 4.79 Å². The molecule has 1 atom stereocenters. The number of hydrogen-bond donors (Lipinski definition) is 2. The maximum Gasteiger partial charge on any atom is 0.233 e. The first-order chi connectivity index (χ1) is 8.67. The summed E-state index contributed by atoms with van der Waals surface area (Å²) in [6.07, 6.45) is 1.68. The maximum absolute atomic E-state index is 11.7. The van der Waals surface area contributed by atoms with Gasteiger partial charge in [0.05, 0.1) is 5.25 Å². The summed E-state index contributed by atoms with van der Waals surface area (Å²) in [6.45, 7) is 6.86. The number of amides is 1. The van der Waals surface area contributed by atoms with Crippen LogP contribution in [0, 0.1) is 0 Å². The van der Waals surface area contributed by atoms with E-state index in [0.717, 1.165) is 11.4 Å². The first-order valence-electron chi connectivity index (χ1n) is 5.96. The van der Waals surface area contributed by atoms with Crippen LogP contribution in [-0.4, -0.2) is 24.7 Å². The van der Waals surface area contributed by atoms with Crippen molar-refractivity contribution in [2.75, 3.05) is 13.6 Å². The fourth-order valence-corrected chi connectivity index (χ4v) is 2.36. The van der Waals surface area contributed by atoms with Crippen molar-refractivity contribution >= 4 is 17.7 Å². The summed E-state index contributed by atoms with van der Waals surface area (Å²) < 4.78 is 0. The van der Waals surface area contributed by atoms with Crippen LogP contribution in [0.1, 0.15) is 12.5 Å². The molecule has 1 rings (SSSR count). The van der Waals surface area contributed by atoms with E-state index in [9.17, 15) is 4.79 Å². The van der Waals surface area contributed by atoms with Gasteiger partial charge in [-0.25, -0.2) is 0 Å². The molecule has 3 nitrogen and oxygen atoms in total. The molecular weight excluding hydrogens is 244 g/mol. The number of thioether (sulfide) groups is 1. The van der Waals surface area contributed by atoms with Crippen LogP contribution in [0.2, 0.25) is 0 Å². The molecule has 0 spiro atoms. The Morgan fingerprint density at radius 2 is 2.11 bits per heavy atom. The third-order valence-corrected chi connectivity index (χ3v) is 3.52. The summed E-state index contributed by atoms with van der Waals surface area (Å²) in [4.78, 5) is 12.8. The van der Waals surface area contributed by atoms with Gasteiger partial charge in [0, 0.05) is 18.0 Å². The molecule has 0 bridgehead atoms. The SMILES string of the molecule is C=CCNC(=O)C(C)Sc1ccc(CNC)cc1. The monoisotopic (exact) mass is 264 g/mol. The third-order valence-electron chi connectivity index (χ3n) is 2.41. The van der Waals surface area contributed by atoms with Crippen LogP contribution >= 0.6 is 11.8 Å². The molecule has 18 heavy (non-hydrogen) atoms. The van der Waals surface area contributed by atoms with E-state index in [1.807, 2.05) is 14.0 Å². The van der Waals surface area contributed by atoms with Gasteiger partial charge < -0.3 is 10.6 Å². The third kappa shape index (κ3) is 4.94. The molecule has 0 radical (unpaired) electrons. The highest BCUT2D eigenvalue weighted by Crippen LogP contribution is 2.23. The molecular formula is C14H20N2OS. The van der Waals surface area contributed by atoms with Gasteiger partial charge in [0.2, 0.25) is 5.91 Å². The van der Waals surface area contributed by atoms with Crippen molar-refractivity contribution in [3.8, 4) is 0 Å². The minimum Gasteiger partial charge on any atom is -0.352 e. The zero-order valence-corrected chi connectivity index (χ0v) is 11.7. The lowest BCUT2D eigenvalue weighted by molar-refractivity contribution is -0.120. The Kier molecular flexibility index (Phi) is 6.54. The van der Waals surface area contributed by atoms with E-state index in [1.165, 1.54) is 5.56 Å². The molecule has 98 valence electrons. The van der Waals surface area contributed by atoms with Crippen LogP contribution < -0.4 is 10.6 Å². The van der Waals surface area contributed by atoms with Crippen LogP contribution in [0.25, 0.3) is 0 Å². The van der Waals surface area contributed by atoms with Gasteiger partial charge in [0.15, 0.2) is 0 Å². The van der Waals surface area contributed by atoms with E-state index < -0.39 is 0 Å². The van der Waals surface area contributed by atoms with Crippen LogP contribution in [-0.2, 0) is 11.3 Å².